The summed E-state index contributed by atoms with van der Waals surface area (Å²) in [5.74, 6) is -1.03. The van der Waals surface area contributed by atoms with Crippen molar-refractivity contribution in [2.75, 3.05) is 18.4 Å². The molecular weight excluding hydrogens is 483 g/mol. The van der Waals surface area contributed by atoms with Crippen LogP contribution < -0.4 is 5.32 Å². The molecular formula is C27H30ClFN4O3. The number of amides is 2. The average molecular weight is 513 g/mol. The Hall–Kier alpha value is -3.39. The first-order valence-electron chi connectivity index (χ1n) is 11.9. The van der Waals surface area contributed by atoms with Crippen LogP contribution in [0.5, 0.6) is 0 Å². The zero-order valence-corrected chi connectivity index (χ0v) is 21.6. The summed E-state index contributed by atoms with van der Waals surface area (Å²) in [5, 5.41) is 7.77. The number of rotatable bonds is 4. The average Bonchev–Trinajstić information content (AvgIpc) is 3.27. The van der Waals surface area contributed by atoms with Gasteiger partial charge in [-0.15, -0.1) is 0 Å². The lowest BCUT2D eigenvalue weighted by Crippen LogP contribution is -2.41. The van der Waals surface area contributed by atoms with Gasteiger partial charge in [-0.3, -0.25) is 4.79 Å². The molecule has 1 aromatic heterocycles. The molecule has 1 fully saturated rings. The number of hydrogen-bond donors (Lipinski definition) is 1. The standard InChI is InChI=1S/C27H30ClFN4O3/c1-17-9-10-19(15-21(17)28)33-24(18-11-13-32(14-12-18)26(35)36-27(2,3)4)20(16-30-33)25(34)31-23-8-6-5-7-22(23)29/h5-10,15-16,18H,11-14H2,1-4H3,(H,31,34). The summed E-state index contributed by atoms with van der Waals surface area (Å²) in [6.45, 7) is 8.38. The van der Waals surface area contributed by atoms with Crippen molar-refractivity contribution in [1.82, 2.24) is 14.7 Å². The molecule has 3 aromatic rings. The number of benzene rings is 2. The largest absolute Gasteiger partial charge is 0.444 e. The Morgan fingerprint density at radius 3 is 2.47 bits per heavy atom. The van der Waals surface area contributed by atoms with Gasteiger partial charge in [-0.1, -0.05) is 29.8 Å². The first kappa shape index (κ1) is 25.7. The van der Waals surface area contributed by atoms with Gasteiger partial charge in [0.25, 0.3) is 5.91 Å². The van der Waals surface area contributed by atoms with Crippen LogP contribution in [0, 0.1) is 12.7 Å². The number of nitrogens with zero attached hydrogens (tertiary/aromatic N) is 3. The molecule has 1 N–H and O–H groups in total. The van der Waals surface area contributed by atoms with Gasteiger partial charge in [-0.25, -0.2) is 13.9 Å². The van der Waals surface area contributed by atoms with Crippen LogP contribution in [0.1, 0.15) is 61.1 Å². The van der Waals surface area contributed by atoms with Gasteiger partial charge in [0, 0.05) is 24.0 Å². The summed E-state index contributed by atoms with van der Waals surface area (Å²) in [6, 6.07) is 11.6. The Morgan fingerprint density at radius 2 is 1.83 bits per heavy atom. The molecule has 9 heteroatoms. The van der Waals surface area contributed by atoms with E-state index >= 15 is 0 Å². The van der Waals surface area contributed by atoms with Crippen LogP contribution in [-0.4, -0.2) is 45.4 Å². The maximum Gasteiger partial charge on any atom is 0.410 e. The summed E-state index contributed by atoms with van der Waals surface area (Å²) in [4.78, 5) is 27.5. The molecule has 2 heterocycles. The Balaban J connectivity index is 1.65. The molecule has 0 saturated carbocycles. The van der Waals surface area contributed by atoms with Crippen molar-refractivity contribution in [3.05, 3.63) is 76.3 Å². The molecule has 1 aliphatic rings. The zero-order chi connectivity index (χ0) is 26.0. The number of aromatic nitrogens is 2. The Labute approximate surface area is 215 Å². The summed E-state index contributed by atoms with van der Waals surface area (Å²) >= 11 is 6.38. The third kappa shape index (κ3) is 5.70. The second-order valence-electron chi connectivity index (χ2n) is 9.96. The third-order valence-electron chi connectivity index (χ3n) is 6.11. The number of likely N-dealkylation sites (tertiary alicyclic amines) is 1. The van der Waals surface area contributed by atoms with E-state index in [0.29, 0.717) is 42.2 Å². The van der Waals surface area contributed by atoms with E-state index in [2.05, 4.69) is 10.4 Å². The van der Waals surface area contributed by atoms with Crippen molar-refractivity contribution < 1.29 is 18.7 Å². The van der Waals surface area contributed by atoms with Crippen LogP contribution in [0.2, 0.25) is 5.02 Å². The first-order chi connectivity index (χ1) is 17.0. The molecule has 1 saturated heterocycles. The van der Waals surface area contributed by atoms with Gasteiger partial charge < -0.3 is 15.0 Å². The van der Waals surface area contributed by atoms with Gasteiger partial charge in [-0.2, -0.15) is 5.10 Å². The lowest BCUT2D eigenvalue weighted by atomic mass is 9.90. The normalized spacial score (nSPS) is 14.6. The fourth-order valence-corrected chi connectivity index (χ4v) is 4.43. The second-order valence-corrected chi connectivity index (χ2v) is 10.4. The number of aryl methyl sites for hydroxylation is 1. The number of nitrogens with one attached hydrogen (secondary N) is 1. The van der Waals surface area contributed by atoms with Crippen LogP contribution in [0.15, 0.2) is 48.7 Å². The summed E-state index contributed by atoms with van der Waals surface area (Å²) in [6.07, 6.45) is 2.38. The maximum absolute atomic E-state index is 14.2. The highest BCUT2D eigenvalue weighted by Gasteiger charge is 2.32. The van der Waals surface area contributed by atoms with Crippen LogP contribution in [0.4, 0.5) is 14.9 Å². The summed E-state index contributed by atoms with van der Waals surface area (Å²) in [5.41, 5.74) is 2.23. The number of anilines is 1. The topological polar surface area (TPSA) is 76.5 Å². The Morgan fingerprint density at radius 1 is 1.14 bits per heavy atom. The predicted molar refractivity (Wildman–Crippen MR) is 137 cm³/mol. The van der Waals surface area contributed by atoms with E-state index in [4.69, 9.17) is 16.3 Å². The molecule has 0 bridgehead atoms. The molecule has 190 valence electrons. The van der Waals surface area contributed by atoms with Crippen molar-refractivity contribution in [1.29, 1.82) is 0 Å². The van der Waals surface area contributed by atoms with Crippen LogP contribution in [0.3, 0.4) is 0 Å². The number of hydrogen-bond acceptors (Lipinski definition) is 4. The Bertz CT molecular complexity index is 1280. The molecule has 1 aliphatic heterocycles. The van der Waals surface area contributed by atoms with Gasteiger partial charge in [0.1, 0.15) is 11.4 Å². The van der Waals surface area contributed by atoms with E-state index in [9.17, 15) is 14.0 Å². The molecule has 2 amide bonds. The maximum atomic E-state index is 14.2. The van der Waals surface area contributed by atoms with Crippen molar-refractivity contribution in [3.8, 4) is 5.69 Å². The van der Waals surface area contributed by atoms with E-state index in [1.54, 1.807) is 21.7 Å². The summed E-state index contributed by atoms with van der Waals surface area (Å²) < 4.78 is 21.4. The van der Waals surface area contributed by atoms with Gasteiger partial charge >= 0.3 is 6.09 Å². The van der Waals surface area contributed by atoms with Crippen molar-refractivity contribution >= 4 is 29.3 Å². The highest BCUT2D eigenvalue weighted by atomic mass is 35.5. The van der Waals surface area contributed by atoms with Crippen LogP contribution in [-0.2, 0) is 4.74 Å². The highest BCUT2D eigenvalue weighted by Crippen LogP contribution is 2.34. The SMILES string of the molecule is Cc1ccc(-n2ncc(C(=O)Nc3ccccc3F)c2C2CCN(C(=O)OC(C)(C)C)CC2)cc1Cl. The number of carbonyl (C=O) groups is 2. The van der Waals surface area contributed by atoms with Gasteiger partial charge in [0.15, 0.2) is 0 Å². The fourth-order valence-electron chi connectivity index (χ4n) is 4.26. The van der Waals surface area contributed by atoms with Crippen LogP contribution >= 0.6 is 11.6 Å². The highest BCUT2D eigenvalue weighted by molar-refractivity contribution is 6.31. The molecule has 0 spiro atoms. The molecule has 0 atom stereocenters. The smallest absolute Gasteiger partial charge is 0.410 e. The molecule has 0 aliphatic carbocycles. The minimum atomic E-state index is -0.574. The van der Waals surface area contributed by atoms with Crippen LogP contribution in [0.25, 0.3) is 5.69 Å². The number of para-hydroxylation sites is 1. The van der Waals surface area contributed by atoms with E-state index in [0.717, 1.165) is 11.3 Å². The number of halogens is 2. The molecule has 0 radical (unpaired) electrons. The number of piperidine rings is 1. The third-order valence-corrected chi connectivity index (χ3v) is 6.51. The quantitative estimate of drug-likeness (QED) is 0.442. The molecule has 2 aromatic carbocycles. The minimum absolute atomic E-state index is 0.0624. The zero-order valence-electron chi connectivity index (χ0n) is 20.8. The molecule has 36 heavy (non-hydrogen) atoms. The first-order valence-corrected chi connectivity index (χ1v) is 12.3. The van der Waals surface area contributed by atoms with E-state index < -0.39 is 17.3 Å². The second kappa shape index (κ2) is 10.3. The van der Waals surface area contributed by atoms with E-state index in [-0.39, 0.29) is 17.7 Å². The van der Waals surface area contributed by atoms with Crippen molar-refractivity contribution in [2.45, 2.75) is 52.1 Å². The molecule has 0 unspecified atom stereocenters. The lowest BCUT2D eigenvalue weighted by Gasteiger charge is -2.34. The van der Waals surface area contributed by atoms with Crippen molar-refractivity contribution in [2.24, 2.45) is 0 Å². The fraction of sp³-hybridized carbons (Fsp3) is 0.370. The van der Waals surface area contributed by atoms with E-state index in [1.165, 1.54) is 18.3 Å². The van der Waals surface area contributed by atoms with E-state index in [1.807, 2.05) is 45.9 Å². The summed E-state index contributed by atoms with van der Waals surface area (Å²) in [7, 11) is 0. The number of carbonyl (C=O) groups excluding carboxylic acids is 2. The number of ether oxygens (including phenoxy) is 1. The Kier molecular flexibility index (Phi) is 7.36. The van der Waals surface area contributed by atoms with Gasteiger partial charge in [-0.05, 0) is 70.4 Å². The van der Waals surface area contributed by atoms with Crippen molar-refractivity contribution in [3.63, 3.8) is 0 Å². The van der Waals surface area contributed by atoms with Gasteiger partial charge in [0.2, 0.25) is 0 Å². The minimum Gasteiger partial charge on any atom is -0.444 e. The predicted octanol–water partition coefficient (Wildman–Crippen LogP) is 6.34. The van der Waals surface area contributed by atoms with Gasteiger partial charge in [0.05, 0.1) is 28.8 Å². The lowest BCUT2D eigenvalue weighted by molar-refractivity contribution is 0.0203. The molecule has 4 rings (SSSR count). The monoisotopic (exact) mass is 512 g/mol. The molecule has 7 nitrogen and oxygen atoms in total.